The van der Waals surface area contributed by atoms with E-state index in [1.807, 2.05) is 0 Å². The zero-order valence-corrected chi connectivity index (χ0v) is 27.7. The minimum Gasteiger partial charge on any atom is -0.446 e. The topological polar surface area (TPSA) is 101 Å². The van der Waals surface area contributed by atoms with E-state index in [9.17, 15) is 10.2 Å². The van der Waals surface area contributed by atoms with Crippen molar-refractivity contribution in [3.05, 3.63) is 0 Å². The smallest absolute Gasteiger partial charge is 0.386 e. The van der Waals surface area contributed by atoms with Crippen LogP contribution in [0, 0.1) is 132 Å². The molecule has 13 heteroatoms. The van der Waals surface area contributed by atoms with E-state index >= 15 is 0 Å². The number of ether oxygens (including phenoxy) is 3. The van der Waals surface area contributed by atoms with Gasteiger partial charge in [-0.2, -0.15) is 0 Å². The van der Waals surface area contributed by atoms with Gasteiger partial charge in [0.1, 0.15) is 31.0 Å². The molecule has 5 unspecified atom stereocenters. The van der Waals surface area contributed by atoms with Crippen molar-refractivity contribution in [2.45, 2.75) is 34.4 Å². The Kier molecular flexibility index (Phi) is 16.5. The van der Waals surface area contributed by atoms with Gasteiger partial charge in [0.15, 0.2) is 0 Å². The summed E-state index contributed by atoms with van der Waals surface area (Å²) in [7, 11) is 0. The van der Waals surface area contributed by atoms with Crippen LogP contribution in [0.1, 0.15) is 0 Å². The first-order valence-electron chi connectivity index (χ1n) is 5.38. The van der Waals surface area contributed by atoms with Crippen LogP contribution in [0.25, 0.3) is 0 Å². The van der Waals surface area contributed by atoms with Crippen molar-refractivity contribution in [1.82, 2.24) is 0 Å². The number of aliphatic imine (C=N–C) groups is 1. The molecule has 2 heterocycles. The number of hydrogen-bond acceptors (Lipinski definition) is 7. The molecule has 2 aliphatic rings. The molecule has 1 saturated heterocycles. The molecular weight excluding hydrogens is 1010 g/mol. The number of halogens is 3. The van der Waals surface area contributed by atoms with Crippen LogP contribution >= 0.6 is 34.8 Å². The quantitative estimate of drug-likeness (QED) is 0.326. The van der Waals surface area contributed by atoms with Gasteiger partial charge in [0, 0.05) is 132 Å². The van der Waals surface area contributed by atoms with E-state index in [-0.39, 0.29) is 145 Å². The molecule has 0 aromatic carbocycles. The second-order valence-corrected chi connectivity index (χ2v) is 6.63. The van der Waals surface area contributed by atoms with Crippen molar-refractivity contribution in [2.24, 2.45) is 4.99 Å². The van der Waals surface area contributed by atoms with Crippen molar-refractivity contribution >= 4 is 40.9 Å². The molecule has 0 aromatic rings. The minimum absolute atomic E-state index is 0. The first-order valence-corrected chi connectivity index (χ1v) is 6.51. The third-order valence-corrected chi connectivity index (χ3v) is 3.01. The van der Waals surface area contributed by atoms with Gasteiger partial charge in [-0.15, -0.1) is 0 Å². The molecule has 119 valence electrons. The molecule has 0 amide bonds. The molecule has 2 aliphatic heterocycles. The van der Waals surface area contributed by atoms with Crippen LogP contribution in [0.15, 0.2) is 4.99 Å². The fourth-order valence-corrected chi connectivity index (χ4v) is 1.93. The summed E-state index contributed by atoms with van der Waals surface area (Å²) in [5.74, 6) is 0. The Bertz CT molecular complexity index is 375. The first-order chi connectivity index (χ1) is 8.81. The van der Waals surface area contributed by atoms with Gasteiger partial charge in [-0.1, -0.05) is 34.8 Å². The molecule has 22 heavy (non-hydrogen) atoms. The maximum Gasteiger partial charge on any atom is 0.386 e. The van der Waals surface area contributed by atoms with Crippen LogP contribution in [-0.2, 0) is 14.2 Å². The van der Waals surface area contributed by atoms with Gasteiger partial charge in [0.2, 0.25) is 10.1 Å². The molecule has 0 saturated carbocycles. The maximum atomic E-state index is 9.83. The maximum absolute atomic E-state index is 9.83. The van der Waals surface area contributed by atoms with Crippen molar-refractivity contribution in [3.8, 4) is 0 Å². The van der Waals surface area contributed by atoms with Gasteiger partial charge < -0.3 is 29.5 Å². The second kappa shape index (κ2) is 12.7. The van der Waals surface area contributed by atoms with E-state index in [1.165, 1.54) is 0 Å². The minimum atomic E-state index is -1.63. The van der Waals surface area contributed by atoms with E-state index < -0.39 is 41.0 Å². The summed E-state index contributed by atoms with van der Waals surface area (Å²) >= 11 is 16.5. The number of aliphatic hydroxyl groups is 3. The van der Waals surface area contributed by atoms with Gasteiger partial charge in [-0.3, -0.25) is 0 Å². The van der Waals surface area contributed by atoms with Crippen molar-refractivity contribution in [3.63, 3.8) is 0 Å². The number of hydrogen-bond donors (Lipinski definition) is 3. The van der Waals surface area contributed by atoms with Crippen molar-refractivity contribution in [1.29, 1.82) is 0 Å². The molecule has 5 atom stereocenters. The Labute approximate surface area is 249 Å². The van der Waals surface area contributed by atoms with Crippen molar-refractivity contribution < 1.29 is 162 Å². The summed E-state index contributed by atoms with van der Waals surface area (Å²) in [6.07, 6.45) is -4.64. The van der Waals surface area contributed by atoms with Gasteiger partial charge >= 0.3 is 6.08 Å². The van der Waals surface area contributed by atoms with Gasteiger partial charge in [0.25, 0.3) is 0 Å². The Morgan fingerprint density at radius 2 is 1.73 bits per heavy atom. The molecule has 0 spiro atoms. The number of nitrogens with zero attached hydrogens (tertiary/aromatic N) is 1. The summed E-state index contributed by atoms with van der Waals surface area (Å²) in [6.45, 7) is -0.757. The zero-order chi connectivity index (χ0) is 14.2. The molecular formula is C9H12Ac3Cl3NO6. The molecule has 2 rings (SSSR count). The first kappa shape index (κ1) is 28.5. The third kappa shape index (κ3) is 8.13. The van der Waals surface area contributed by atoms with Crippen LogP contribution < -0.4 is 0 Å². The van der Waals surface area contributed by atoms with Crippen LogP contribution in [0.3, 0.4) is 0 Å². The van der Waals surface area contributed by atoms with Crippen LogP contribution in [0.5, 0.6) is 0 Å². The van der Waals surface area contributed by atoms with Gasteiger partial charge in [0.05, 0.1) is 6.61 Å². The Balaban J connectivity index is 0. The van der Waals surface area contributed by atoms with Crippen LogP contribution in [0.4, 0.5) is 0 Å². The average molecular weight is 1020 g/mol. The largest absolute Gasteiger partial charge is 0.446 e. The molecule has 0 bridgehead atoms. The van der Waals surface area contributed by atoms with Crippen molar-refractivity contribution in [2.75, 3.05) is 13.2 Å². The number of aliphatic hydroxyl groups excluding tert-OH is 3. The van der Waals surface area contributed by atoms with E-state index in [1.54, 1.807) is 0 Å². The summed E-state index contributed by atoms with van der Waals surface area (Å²) < 4.78 is 13.8. The Morgan fingerprint density at radius 3 is 2.23 bits per heavy atom. The fraction of sp³-hybridized carbons (Fsp3) is 0.889. The van der Waals surface area contributed by atoms with Crippen LogP contribution in [0.2, 0.25) is 0 Å². The summed E-state index contributed by atoms with van der Waals surface area (Å²) in [6, 6.07) is -0.858. The Hall–Kier alpha value is 4.30. The SMILES string of the molecule is OCC1OC2OC(OCC(Cl)(Cl)Cl)=NC2C(O)C1O.[Ac].[Ac].[Ac]. The molecule has 1 fully saturated rings. The standard InChI is InChI=1S/C9H12Cl3NO6.3Ac/c10-9(11,12)2-17-8-13-4-6(16)5(15)3(1-14)18-7(4)19-8;;;/h3-7,14-16H,1-2H2;;;. The molecule has 7 nitrogen and oxygen atoms in total. The predicted octanol–water partition coefficient (Wildman–Crippen LogP) is -0.433. The molecule has 0 aromatic heterocycles. The summed E-state index contributed by atoms with van der Waals surface area (Å²) in [5.41, 5.74) is 0. The van der Waals surface area contributed by atoms with Gasteiger partial charge in [-0.25, -0.2) is 4.99 Å². The molecule has 0 aliphatic carbocycles. The average Bonchev–Trinajstić information content (AvgIpc) is 2.73. The second-order valence-electron chi connectivity index (χ2n) is 4.11. The summed E-state index contributed by atoms with van der Waals surface area (Å²) in [4.78, 5) is 3.89. The summed E-state index contributed by atoms with van der Waals surface area (Å²) in [5, 5.41) is 28.5. The number of alkyl halides is 3. The number of fused-ring (bicyclic) bond motifs is 1. The van der Waals surface area contributed by atoms with Crippen LogP contribution in [-0.4, -0.2) is 69.1 Å². The molecule has 3 N–H and O–H groups in total. The number of rotatable bonds is 2. The monoisotopic (exact) mass is 1020 g/mol. The van der Waals surface area contributed by atoms with E-state index in [4.69, 9.17) is 54.1 Å². The Morgan fingerprint density at radius 1 is 1.14 bits per heavy atom. The van der Waals surface area contributed by atoms with E-state index in [0.29, 0.717) is 0 Å². The molecule has 3 radical (unpaired) electrons. The van der Waals surface area contributed by atoms with E-state index in [0.717, 1.165) is 0 Å². The normalized spacial score (nSPS) is 33.2. The van der Waals surface area contributed by atoms with Gasteiger partial charge in [-0.05, 0) is 0 Å². The third-order valence-electron chi connectivity index (χ3n) is 2.68. The fourth-order valence-electron chi connectivity index (χ4n) is 1.77. The van der Waals surface area contributed by atoms with E-state index in [2.05, 4.69) is 4.99 Å². The predicted molar refractivity (Wildman–Crippen MR) is 66.3 cm³/mol. The zero-order valence-electron chi connectivity index (χ0n) is 11.2.